The lowest BCUT2D eigenvalue weighted by Gasteiger charge is -2.25. The van der Waals surface area contributed by atoms with Gasteiger partial charge in [0.25, 0.3) is 0 Å². The number of ether oxygens (including phenoxy) is 1. The van der Waals surface area contributed by atoms with Crippen molar-refractivity contribution in [1.82, 2.24) is 0 Å². The quantitative estimate of drug-likeness (QED) is 0.727. The van der Waals surface area contributed by atoms with Gasteiger partial charge in [-0.05, 0) is 46.4 Å². The maximum Gasteiger partial charge on any atom is 0.170 e. The minimum atomic E-state index is -0.161. The highest BCUT2D eigenvalue weighted by molar-refractivity contribution is 14.1. The molecule has 0 radical (unpaired) electrons. The van der Waals surface area contributed by atoms with Gasteiger partial charge in [0.1, 0.15) is 11.9 Å². The molecule has 2 nitrogen and oxygen atoms in total. The fourth-order valence-corrected chi connectivity index (χ4v) is 2.64. The molecule has 0 bridgehead atoms. The van der Waals surface area contributed by atoms with Crippen LogP contribution in [0.2, 0.25) is 0 Å². The second kappa shape index (κ2) is 4.72. The van der Waals surface area contributed by atoms with Gasteiger partial charge in [0, 0.05) is 3.57 Å². The Bertz CT molecular complexity index is 593. The summed E-state index contributed by atoms with van der Waals surface area (Å²) in [6.45, 7) is 0. The number of halogens is 1. The number of carbonyl (C=O) groups is 1. The molecular weight excluding hydrogens is 339 g/mol. The van der Waals surface area contributed by atoms with Crippen LogP contribution in [0.4, 0.5) is 0 Å². The van der Waals surface area contributed by atoms with Crippen LogP contribution in [-0.4, -0.2) is 5.78 Å². The average Bonchev–Trinajstić information content (AvgIpc) is 2.40. The average molecular weight is 350 g/mol. The van der Waals surface area contributed by atoms with Crippen molar-refractivity contribution in [3.8, 4) is 5.75 Å². The summed E-state index contributed by atoms with van der Waals surface area (Å²) in [7, 11) is 0. The Kier molecular flexibility index (Phi) is 3.07. The fourth-order valence-electron chi connectivity index (χ4n) is 2.15. The summed E-state index contributed by atoms with van der Waals surface area (Å²) in [5, 5.41) is 0. The molecule has 3 heteroatoms. The van der Waals surface area contributed by atoms with E-state index >= 15 is 0 Å². The number of hydrogen-bond donors (Lipinski definition) is 0. The van der Waals surface area contributed by atoms with Crippen molar-refractivity contribution in [1.29, 1.82) is 0 Å². The van der Waals surface area contributed by atoms with E-state index in [0.29, 0.717) is 17.7 Å². The van der Waals surface area contributed by atoms with Crippen LogP contribution in [0, 0.1) is 3.57 Å². The molecule has 0 saturated carbocycles. The molecule has 0 aromatic heterocycles. The number of ketones is 1. The van der Waals surface area contributed by atoms with E-state index in [4.69, 9.17) is 4.74 Å². The van der Waals surface area contributed by atoms with Gasteiger partial charge in [-0.3, -0.25) is 4.79 Å². The highest BCUT2D eigenvalue weighted by atomic mass is 127. The smallest absolute Gasteiger partial charge is 0.170 e. The molecule has 3 rings (SSSR count). The first-order valence-corrected chi connectivity index (χ1v) is 6.86. The predicted octanol–water partition coefficient (Wildman–Crippen LogP) is 4.00. The molecule has 0 aliphatic carbocycles. The molecule has 0 spiro atoms. The van der Waals surface area contributed by atoms with Crippen molar-refractivity contribution in [3.05, 3.63) is 63.2 Å². The van der Waals surface area contributed by atoms with Gasteiger partial charge in [-0.15, -0.1) is 0 Å². The Morgan fingerprint density at radius 2 is 1.89 bits per heavy atom. The summed E-state index contributed by atoms with van der Waals surface area (Å²) >= 11 is 2.20. The molecule has 1 heterocycles. The third kappa shape index (κ3) is 2.14. The van der Waals surface area contributed by atoms with Crippen molar-refractivity contribution < 1.29 is 9.53 Å². The zero-order chi connectivity index (χ0) is 12.5. The van der Waals surface area contributed by atoms with Gasteiger partial charge in [-0.2, -0.15) is 0 Å². The van der Waals surface area contributed by atoms with Gasteiger partial charge in [0.15, 0.2) is 5.78 Å². The topological polar surface area (TPSA) is 26.3 Å². The monoisotopic (exact) mass is 350 g/mol. The van der Waals surface area contributed by atoms with Crippen molar-refractivity contribution in [2.45, 2.75) is 12.5 Å². The Hall–Kier alpha value is -1.36. The third-order valence-corrected chi connectivity index (χ3v) is 3.72. The highest BCUT2D eigenvalue weighted by Gasteiger charge is 2.27. The SMILES string of the molecule is O=C1CC(c2ccccc2)Oc2ccc(I)cc21. The van der Waals surface area contributed by atoms with Gasteiger partial charge < -0.3 is 4.74 Å². The van der Waals surface area contributed by atoms with Crippen molar-refractivity contribution in [2.24, 2.45) is 0 Å². The van der Waals surface area contributed by atoms with Crippen LogP contribution >= 0.6 is 22.6 Å². The summed E-state index contributed by atoms with van der Waals surface area (Å²) in [5.74, 6) is 0.851. The number of benzene rings is 2. The van der Waals surface area contributed by atoms with Crippen molar-refractivity contribution in [3.63, 3.8) is 0 Å². The molecule has 1 aliphatic rings. The maximum atomic E-state index is 12.1. The molecule has 1 atom stereocenters. The minimum absolute atomic E-state index is 0.156. The standard InChI is InChI=1S/C15H11IO2/c16-11-6-7-14-12(8-11)13(17)9-15(18-14)10-4-2-1-3-5-10/h1-8,15H,9H2. The molecule has 18 heavy (non-hydrogen) atoms. The Morgan fingerprint density at radius 3 is 2.67 bits per heavy atom. The lowest BCUT2D eigenvalue weighted by atomic mass is 9.96. The zero-order valence-corrected chi connectivity index (χ0v) is 11.8. The molecule has 90 valence electrons. The van der Waals surface area contributed by atoms with Crippen LogP contribution in [0.15, 0.2) is 48.5 Å². The first-order valence-electron chi connectivity index (χ1n) is 5.78. The number of hydrogen-bond acceptors (Lipinski definition) is 2. The summed E-state index contributed by atoms with van der Waals surface area (Å²) < 4.78 is 6.98. The van der Waals surface area contributed by atoms with E-state index in [1.54, 1.807) is 0 Å². The van der Waals surface area contributed by atoms with E-state index < -0.39 is 0 Å². The number of fused-ring (bicyclic) bond motifs is 1. The largest absolute Gasteiger partial charge is 0.484 e. The number of rotatable bonds is 1. The normalized spacial score (nSPS) is 18.1. The van der Waals surface area contributed by atoms with Gasteiger partial charge in [0.05, 0.1) is 12.0 Å². The molecule has 1 aliphatic heterocycles. The summed E-state index contributed by atoms with van der Waals surface area (Å²) in [6.07, 6.45) is 0.253. The van der Waals surface area contributed by atoms with Gasteiger partial charge in [-0.25, -0.2) is 0 Å². The van der Waals surface area contributed by atoms with Crippen LogP contribution in [0.5, 0.6) is 5.75 Å². The Morgan fingerprint density at radius 1 is 1.11 bits per heavy atom. The zero-order valence-electron chi connectivity index (χ0n) is 9.60. The molecule has 0 saturated heterocycles. The van der Waals surface area contributed by atoms with Crippen molar-refractivity contribution in [2.75, 3.05) is 0 Å². The van der Waals surface area contributed by atoms with E-state index in [1.165, 1.54) is 0 Å². The van der Waals surface area contributed by atoms with Crippen LogP contribution in [0.3, 0.4) is 0 Å². The van der Waals surface area contributed by atoms with E-state index in [0.717, 1.165) is 9.13 Å². The van der Waals surface area contributed by atoms with Crippen LogP contribution < -0.4 is 4.74 Å². The highest BCUT2D eigenvalue weighted by Crippen LogP contribution is 2.35. The van der Waals surface area contributed by atoms with Crippen molar-refractivity contribution >= 4 is 28.4 Å². The second-order valence-corrected chi connectivity index (χ2v) is 5.53. The number of carbonyl (C=O) groups excluding carboxylic acids is 1. The number of Topliss-reactive ketones (excluding diaryl/α,β-unsaturated/α-hetero) is 1. The van der Waals surface area contributed by atoms with E-state index in [1.807, 2.05) is 48.5 Å². The minimum Gasteiger partial charge on any atom is -0.484 e. The van der Waals surface area contributed by atoms with Crippen LogP contribution in [-0.2, 0) is 0 Å². The van der Waals surface area contributed by atoms with Crippen LogP contribution in [0.25, 0.3) is 0 Å². The van der Waals surface area contributed by atoms with Gasteiger partial charge in [0.2, 0.25) is 0 Å². The Balaban J connectivity index is 1.97. The molecule has 2 aromatic carbocycles. The van der Waals surface area contributed by atoms with E-state index in [-0.39, 0.29) is 11.9 Å². The summed E-state index contributed by atoms with van der Waals surface area (Å²) in [6, 6.07) is 15.6. The third-order valence-electron chi connectivity index (χ3n) is 3.05. The van der Waals surface area contributed by atoms with Gasteiger partial charge >= 0.3 is 0 Å². The van der Waals surface area contributed by atoms with Gasteiger partial charge in [-0.1, -0.05) is 30.3 Å². The molecular formula is C15H11IO2. The molecule has 1 unspecified atom stereocenters. The molecule has 0 fully saturated rings. The lowest BCUT2D eigenvalue weighted by molar-refractivity contribution is 0.0850. The van der Waals surface area contributed by atoms with E-state index in [9.17, 15) is 4.79 Å². The summed E-state index contributed by atoms with van der Waals surface area (Å²) in [5.41, 5.74) is 1.75. The molecule has 2 aromatic rings. The first-order chi connectivity index (χ1) is 8.74. The Labute approximate surface area is 119 Å². The molecule has 0 N–H and O–H groups in total. The summed E-state index contributed by atoms with van der Waals surface area (Å²) in [4.78, 5) is 12.1. The first kappa shape index (κ1) is 11.7. The molecule has 0 amide bonds. The second-order valence-electron chi connectivity index (χ2n) is 4.28. The lowest BCUT2D eigenvalue weighted by Crippen LogP contribution is -2.20. The predicted molar refractivity (Wildman–Crippen MR) is 77.9 cm³/mol. The van der Waals surface area contributed by atoms with Crippen LogP contribution in [0.1, 0.15) is 28.4 Å². The maximum absolute atomic E-state index is 12.1. The van der Waals surface area contributed by atoms with E-state index in [2.05, 4.69) is 22.6 Å². The fraction of sp³-hybridized carbons (Fsp3) is 0.133.